The Kier molecular flexibility index (Phi) is 5.03. The van der Waals surface area contributed by atoms with Crippen molar-refractivity contribution in [1.82, 2.24) is 5.16 Å². The van der Waals surface area contributed by atoms with Crippen molar-refractivity contribution in [2.24, 2.45) is 0 Å². The number of nitrogens with zero attached hydrogens (tertiary/aromatic N) is 1. The van der Waals surface area contributed by atoms with Gasteiger partial charge in [0.2, 0.25) is 5.88 Å². The third kappa shape index (κ3) is 3.42. The van der Waals surface area contributed by atoms with E-state index in [1.54, 1.807) is 19.2 Å². The van der Waals surface area contributed by atoms with Crippen molar-refractivity contribution in [3.63, 3.8) is 0 Å². The Balaban J connectivity index is 1.60. The molecular formula is C24H20Cl2N2O3. The van der Waals surface area contributed by atoms with Crippen LogP contribution in [0.5, 0.6) is 5.75 Å². The van der Waals surface area contributed by atoms with Crippen LogP contribution in [0.4, 0.5) is 5.88 Å². The van der Waals surface area contributed by atoms with Crippen LogP contribution in [0, 0.1) is 6.92 Å². The first-order valence-corrected chi connectivity index (χ1v) is 10.8. The van der Waals surface area contributed by atoms with E-state index >= 15 is 0 Å². The number of Topliss-reactive ketones (excluding diaryl/α,β-unsaturated/α-hetero) is 1. The third-order valence-corrected chi connectivity index (χ3v) is 6.68. The number of rotatable bonds is 3. The summed E-state index contributed by atoms with van der Waals surface area (Å²) in [6, 6.07) is 13.3. The standard InChI is InChI=1S/C24H20Cl2N2O3/c1-12-21-22(17-8-5-15(25)11-18(17)26)23-19(27-24(21)31-28-12)9-14(10-20(23)29)13-3-6-16(30-2)7-4-13/h3-8,11,14,22,27H,9-10H2,1-2H3/t14-,22-/m1/s1. The first-order valence-electron chi connectivity index (χ1n) is 10.0. The van der Waals surface area contributed by atoms with Crippen molar-refractivity contribution < 1.29 is 14.1 Å². The fourth-order valence-corrected chi connectivity index (χ4v) is 5.15. The van der Waals surface area contributed by atoms with Crippen molar-refractivity contribution in [3.05, 3.63) is 86.2 Å². The summed E-state index contributed by atoms with van der Waals surface area (Å²) in [5, 5.41) is 8.55. The maximum atomic E-state index is 13.5. The Morgan fingerprint density at radius 2 is 1.90 bits per heavy atom. The number of aromatic nitrogens is 1. The van der Waals surface area contributed by atoms with E-state index in [1.165, 1.54) is 0 Å². The molecule has 0 saturated carbocycles. The number of anilines is 1. The van der Waals surface area contributed by atoms with Gasteiger partial charge in [-0.3, -0.25) is 4.79 Å². The Labute approximate surface area is 190 Å². The molecule has 0 fully saturated rings. The molecule has 1 aliphatic heterocycles. The summed E-state index contributed by atoms with van der Waals surface area (Å²) in [5.74, 6) is 1.18. The van der Waals surface area contributed by atoms with Gasteiger partial charge in [-0.05, 0) is 54.7 Å². The van der Waals surface area contributed by atoms with Crippen molar-refractivity contribution in [2.45, 2.75) is 31.6 Å². The molecule has 5 nitrogen and oxygen atoms in total. The first-order chi connectivity index (χ1) is 15.0. The molecule has 158 valence electrons. The number of methoxy groups -OCH3 is 1. The van der Waals surface area contributed by atoms with Crippen LogP contribution in [0.25, 0.3) is 0 Å². The zero-order valence-corrected chi connectivity index (χ0v) is 18.6. The van der Waals surface area contributed by atoms with E-state index in [2.05, 4.69) is 10.5 Å². The molecule has 0 spiro atoms. The van der Waals surface area contributed by atoms with Crippen LogP contribution < -0.4 is 10.1 Å². The maximum Gasteiger partial charge on any atom is 0.233 e. The normalized spacial score (nSPS) is 20.2. The van der Waals surface area contributed by atoms with Gasteiger partial charge in [-0.15, -0.1) is 0 Å². The molecule has 1 aromatic heterocycles. The lowest BCUT2D eigenvalue weighted by Gasteiger charge is -2.34. The summed E-state index contributed by atoms with van der Waals surface area (Å²) in [7, 11) is 1.64. The molecule has 0 radical (unpaired) electrons. The van der Waals surface area contributed by atoms with Gasteiger partial charge in [-0.2, -0.15) is 0 Å². The molecule has 2 aliphatic rings. The predicted molar refractivity (Wildman–Crippen MR) is 120 cm³/mol. The number of ether oxygens (including phenoxy) is 1. The van der Waals surface area contributed by atoms with E-state index in [1.807, 2.05) is 37.3 Å². The summed E-state index contributed by atoms with van der Waals surface area (Å²) >= 11 is 12.7. The smallest absolute Gasteiger partial charge is 0.233 e. The van der Waals surface area contributed by atoms with E-state index in [0.717, 1.165) is 39.4 Å². The van der Waals surface area contributed by atoms with Crippen LogP contribution in [-0.4, -0.2) is 18.0 Å². The molecule has 0 amide bonds. The van der Waals surface area contributed by atoms with Gasteiger partial charge in [0.05, 0.1) is 18.4 Å². The summed E-state index contributed by atoms with van der Waals surface area (Å²) in [6.07, 6.45) is 1.11. The van der Waals surface area contributed by atoms with Crippen LogP contribution in [0.3, 0.4) is 0 Å². The zero-order valence-electron chi connectivity index (χ0n) is 17.0. The van der Waals surface area contributed by atoms with Crippen LogP contribution in [0.15, 0.2) is 58.3 Å². The van der Waals surface area contributed by atoms with Crippen molar-refractivity contribution in [3.8, 4) is 5.75 Å². The molecule has 2 atom stereocenters. The lowest BCUT2D eigenvalue weighted by atomic mass is 9.72. The largest absolute Gasteiger partial charge is 0.497 e. The average molecular weight is 455 g/mol. The highest BCUT2D eigenvalue weighted by molar-refractivity contribution is 6.35. The highest BCUT2D eigenvalue weighted by atomic mass is 35.5. The second-order valence-corrected chi connectivity index (χ2v) is 8.77. The summed E-state index contributed by atoms with van der Waals surface area (Å²) < 4.78 is 10.8. The fourth-order valence-electron chi connectivity index (χ4n) is 4.63. The summed E-state index contributed by atoms with van der Waals surface area (Å²) in [4.78, 5) is 13.5. The SMILES string of the molecule is COc1ccc([C@H]2CC(=O)C3=C(C2)Nc2onc(C)c2[C@H]3c2ccc(Cl)cc2Cl)cc1. The molecular weight excluding hydrogens is 435 g/mol. The first kappa shape index (κ1) is 20.2. The molecule has 0 unspecified atom stereocenters. The van der Waals surface area contributed by atoms with E-state index in [0.29, 0.717) is 28.8 Å². The predicted octanol–water partition coefficient (Wildman–Crippen LogP) is 6.26. The highest BCUT2D eigenvalue weighted by Crippen LogP contribution is 2.50. The van der Waals surface area contributed by atoms with Crippen molar-refractivity contribution in [1.29, 1.82) is 0 Å². The number of carbonyl (C=O) groups excluding carboxylic acids is 1. The van der Waals surface area contributed by atoms with Gasteiger partial charge < -0.3 is 14.6 Å². The van der Waals surface area contributed by atoms with E-state index < -0.39 is 0 Å². The number of hydrogen-bond acceptors (Lipinski definition) is 5. The molecule has 2 aromatic carbocycles. The lowest BCUT2D eigenvalue weighted by Crippen LogP contribution is -2.29. The number of ketones is 1. The Hall–Kier alpha value is -2.76. The second-order valence-electron chi connectivity index (χ2n) is 7.93. The Bertz CT molecular complexity index is 1210. The van der Waals surface area contributed by atoms with E-state index in [9.17, 15) is 4.79 Å². The molecule has 0 saturated heterocycles. The second kappa shape index (κ2) is 7.74. The van der Waals surface area contributed by atoms with Gasteiger partial charge in [0, 0.05) is 33.7 Å². The molecule has 5 rings (SSSR count). The van der Waals surface area contributed by atoms with Crippen molar-refractivity contribution >= 4 is 34.9 Å². The number of nitrogens with one attached hydrogen (secondary N) is 1. The number of fused-ring (bicyclic) bond motifs is 1. The molecule has 1 aliphatic carbocycles. The third-order valence-electron chi connectivity index (χ3n) is 6.12. The van der Waals surface area contributed by atoms with Gasteiger partial charge in [0.25, 0.3) is 0 Å². The number of halogens is 2. The van der Waals surface area contributed by atoms with E-state index in [4.69, 9.17) is 32.5 Å². The average Bonchev–Trinajstić information content (AvgIpc) is 3.13. The maximum absolute atomic E-state index is 13.5. The quantitative estimate of drug-likeness (QED) is 0.505. The number of allylic oxidation sites excluding steroid dienone is 2. The highest BCUT2D eigenvalue weighted by Gasteiger charge is 2.41. The minimum atomic E-state index is -0.341. The van der Waals surface area contributed by atoms with Gasteiger partial charge >= 0.3 is 0 Å². The topological polar surface area (TPSA) is 64.4 Å². The molecule has 7 heteroatoms. The number of carbonyl (C=O) groups is 1. The minimum absolute atomic E-state index is 0.0663. The fraction of sp³-hybridized carbons (Fsp3) is 0.250. The number of benzene rings is 2. The van der Waals surface area contributed by atoms with Crippen LogP contribution in [-0.2, 0) is 4.79 Å². The van der Waals surface area contributed by atoms with Crippen LogP contribution in [0.1, 0.15) is 47.1 Å². The summed E-state index contributed by atoms with van der Waals surface area (Å²) in [6.45, 7) is 1.87. The molecule has 31 heavy (non-hydrogen) atoms. The number of hydrogen-bond donors (Lipinski definition) is 1. The van der Waals surface area contributed by atoms with Gasteiger partial charge in [-0.1, -0.05) is 46.6 Å². The Morgan fingerprint density at radius 3 is 2.61 bits per heavy atom. The van der Waals surface area contributed by atoms with Crippen molar-refractivity contribution in [2.75, 3.05) is 12.4 Å². The van der Waals surface area contributed by atoms with Gasteiger partial charge in [0.1, 0.15) is 5.75 Å². The van der Waals surface area contributed by atoms with Gasteiger partial charge in [0.15, 0.2) is 5.78 Å². The van der Waals surface area contributed by atoms with E-state index in [-0.39, 0.29) is 17.6 Å². The number of aryl methyl sites for hydroxylation is 1. The monoisotopic (exact) mass is 454 g/mol. The van der Waals surface area contributed by atoms with Gasteiger partial charge in [-0.25, -0.2) is 0 Å². The molecule has 0 bridgehead atoms. The Morgan fingerprint density at radius 1 is 1.13 bits per heavy atom. The van der Waals surface area contributed by atoms with Crippen LogP contribution in [0.2, 0.25) is 10.0 Å². The molecule has 3 aromatic rings. The minimum Gasteiger partial charge on any atom is -0.497 e. The molecule has 2 heterocycles. The van der Waals surface area contributed by atoms with Crippen LogP contribution >= 0.6 is 23.2 Å². The molecule has 1 N–H and O–H groups in total. The lowest BCUT2D eigenvalue weighted by molar-refractivity contribution is -0.116. The summed E-state index contributed by atoms with van der Waals surface area (Å²) in [5.41, 5.74) is 5.09. The zero-order chi connectivity index (χ0) is 21.7.